The molecule has 4 aromatic rings. The first kappa shape index (κ1) is 17.7. The van der Waals surface area contributed by atoms with Crippen molar-refractivity contribution in [2.75, 3.05) is 26.2 Å². The molecule has 0 atom stereocenters. The van der Waals surface area contributed by atoms with E-state index in [1.807, 2.05) is 18.2 Å². The third-order valence-corrected chi connectivity index (χ3v) is 5.65. The van der Waals surface area contributed by atoms with Crippen LogP contribution >= 0.6 is 0 Å². The van der Waals surface area contributed by atoms with E-state index in [0.717, 1.165) is 51.8 Å². The predicted molar refractivity (Wildman–Crippen MR) is 115 cm³/mol. The fourth-order valence-corrected chi connectivity index (χ4v) is 4.06. The highest BCUT2D eigenvalue weighted by Crippen LogP contribution is 2.30. The van der Waals surface area contributed by atoms with Crippen LogP contribution in [0.1, 0.15) is 18.4 Å². The monoisotopic (exact) mass is 382 g/mol. The average Bonchev–Trinajstić information content (AvgIpc) is 3.42. The molecule has 0 radical (unpaired) electrons. The van der Waals surface area contributed by atoms with Gasteiger partial charge in [0.1, 0.15) is 12.4 Å². The molecule has 5 heteroatoms. The SMILES string of the molecule is N#Cc1ccc2[nH]nc(-c3ccc4cc(OCCN5CCCC5)ccc4c3)c2c1. The second-order valence-electron chi connectivity index (χ2n) is 7.57. The van der Waals surface area contributed by atoms with E-state index in [-0.39, 0.29) is 0 Å². The lowest BCUT2D eigenvalue weighted by molar-refractivity contribution is 0.238. The third-order valence-electron chi connectivity index (χ3n) is 5.65. The quantitative estimate of drug-likeness (QED) is 0.542. The van der Waals surface area contributed by atoms with Gasteiger partial charge in [0.25, 0.3) is 0 Å². The van der Waals surface area contributed by atoms with Gasteiger partial charge in [0.15, 0.2) is 0 Å². The number of nitrogens with zero attached hydrogens (tertiary/aromatic N) is 3. The van der Waals surface area contributed by atoms with Gasteiger partial charge in [0.2, 0.25) is 0 Å². The van der Waals surface area contributed by atoms with Gasteiger partial charge in [0, 0.05) is 17.5 Å². The molecule has 1 saturated heterocycles. The van der Waals surface area contributed by atoms with E-state index in [0.29, 0.717) is 5.56 Å². The maximum Gasteiger partial charge on any atom is 0.120 e. The van der Waals surface area contributed by atoms with E-state index < -0.39 is 0 Å². The van der Waals surface area contributed by atoms with E-state index in [9.17, 15) is 5.26 Å². The maximum absolute atomic E-state index is 9.19. The van der Waals surface area contributed by atoms with Crippen LogP contribution in [0.4, 0.5) is 0 Å². The zero-order valence-electron chi connectivity index (χ0n) is 16.2. The second kappa shape index (κ2) is 7.57. The Balaban J connectivity index is 1.39. The molecular weight excluding hydrogens is 360 g/mol. The molecule has 1 aliphatic rings. The summed E-state index contributed by atoms with van der Waals surface area (Å²) in [6.45, 7) is 4.11. The van der Waals surface area contributed by atoms with Crippen molar-refractivity contribution >= 4 is 21.7 Å². The number of hydrogen-bond acceptors (Lipinski definition) is 4. The maximum atomic E-state index is 9.19. The Morgan fingerprint density at radius 2 is 1.83 bits per heavy atom. The largest absolute Gasteiger partial charge is 0.492 e. The summed E-state index contributed by atoms with van der Waals surface area (Å²) in [7, 11) is 0. The molecule has 0 unspecified atom stereocenters. The van der Waals surface area contributed by atoms with Crippen LogP contribution in [0.3, 0.4) is 0 Å². The van der Waals surface area contributed by atoms with Gasteiger partial charge >= 0.3 is 0 Å². The highest BCUT2D eigenvalue weighted by Gasteiger charge is 2.12. The first-order valence-corrected chi connectivity index (χ1v) is 10.1. The van der Waals surface area contributed by atoms with E-state index in [2.05, 4.69) is 51.5 Å². The minimum Gasteiger partial charge on any atom is -0.492 e. The zero-order valence-corrected chi connectivity index (χ0v) is 16.2. The first-order chi connectivity index (χ1) is 14.3. The van der Waals surface area contributed by atoms with Crippen molar-refractivity contribution in [1.82, 2.24) is 15.1 Å². The van der Waals surface area contributed by atoms with Gasteiger partial charge in [-0.15, -0.1) is 0 Å². The standard InChI is InChI=1S/C24H22N4O/c25-16-17-3-8-23-22(13-17)24(27-26-23)20-5-4-19-15-21(7-6-18(19)14-20)29-12-11-28-9-1-2-10-28/h3-8,13-15H,1-2,9-12H2,(H,26,27). The Kier molecular flexibility index (Phi) is 4.63. The first-order valence-electron chi connectivity index (χ1n) is 10.1. The number of nitrogens with one attached hydrogen (secondary N) is 1. The number of H-pyrrole nitrogens is 1. The van der Waals surface area contributed by atoms with Crippen LogP contribution < -0.4 is 4.74 Å². The summed E-state index contributed by atoms with van der Waals surface area (Å²) in [6, 6.07) is 20.3. The molecule has 0 spiro atoms. The van der Waals surface area contributed by atoms with Gasteiger partial charge in [0.05, 0.1) is 22.8 Å². The molecule has 0 aliphatic carbocycles. The lowest BCUT2D eigenvalue weighted by Gasteiger charge is -2.15. The normalized spacial score (nSPS) is 14.4. The molecule has 0 bridgehead atoms. The zero-order chi connectivity index (χ0) is 19.6. The number of hydrogen-bond donors (Lipinski definition) is 1. The van der Waals surface area contributed by atoms with Gasteiger partial charge < -0.3 is 4.74 Å². The molecular formula is C24H22N4O. The van der Waals surface area contributed by atoms with Gasteiger partial charge in [-0.3, -0.25) is 10.00 Å². The van der Waals surface area contributed by atoms with Crippen LogP contribution in [-0.4, -0.2) is 41.3 Å². The second-order valence-corrected chi connectivity index (χ2v) is 7.57. The van der Waals surface area contributed by atoms with Gasteiger partial charge in [-0.1, -0.05) is 18.2 Å². The summed E-state index contributed by atoms with van der Waals surface area (Å²) >= 11 is 0. The van der Waals surface area contributed by atoms with Crippen molar-refractivity contribution in [2.24, 2.45) is 0 Å². The van der Waals surface area contributed by atoms with Crippen molar-refractivity contribution in [3.63, 3.8) is 0 Å². The van der Waals surface area contributed by atoms with Crippen LogP contribution in [0, 0.1) is 11.3 Å². The fourth-order valence-electron chi connectivity index (χ4n) is 4.06. The number of ether oxygens (including phenoxy) is 1. The Labute approximate surface area is 169 Å². The van der Waals surface area contributed by atoms with Crippen molar-refractivity contribution < 1.29 is 4.74 Å². The summed E-state index contributed by atoms with van der Waals surface area (Å²) in [5.74, 6) is 0.910. The fraction of sp³-hybridized carbons (Fsp3) is 0.250. The predicted octanol–water partition coefficient (Wildman–Crippen LogP) is 4.73. The van der Waals surface area contributed by atoms with E-state index >= 15 is 0 Å². The summed E-state index contributed by atoms with van der Waals surface area (Å²) in [5, 5.41) is 20.0. The molecule has 2 heterocycles. The molecule has 1 aliphatic heterocycles. The number of aromatic amines is 1. The number of benzene rings is 3. The molecule has 29 heavy (non-hydrogen) atoms. The summed E-state index contributed by atoms with van der Waals surface area (Å²) in [6.07, 6.45) is 2.61. The summed E-state index contributed by atoms with van der Waals surface area (Å²) < 4.78 is 5.97. The Morgan fingerprint density at radius 3 is 2.69 bits per heavy atom. The number of rotatable bonds is 5. The van der Waals surface area contributed by atoms with Crippen LogP contribution in [-0.2, 0) is 0 Å². The number of likely N-dealkylation sites (tertiary alicyclic amines) is 1. The molecule has 1 N–H and O–H groups in total. The van der Waals surface area contributed by atoms with E-state index in [1.54, 1.807) is 6.07 Å². The van der Waals surface area contributed by atoms with Crippen molar-refractivity contribution in [2.45, 2.75) is 12.8 Å². The highest BCUT2D eigenvalue weighted by molar-refractivity contribution is 5.96. The molecule has 5 rings (SSSR count). The Morgan fingerprint density at radius 1 is 1.00 bits per heavy atom. The minimum atomic E-state index is 0.636. The van der Waals surface area contributed by atoms with E-state index in [1.165, 1.54) is 25.9 Å². The molecule has 1 aromatic heterocycles. The highest BCUT2D eigenvalue weighted by atomic mass is 16.5. The van der Waals surface area contributed by atoms with Crippen molar-refractivity contribution in [1.29, 1.82) is 5.26 Å². The van der Waals surface area contributed by atoms with Crippen molar-refractivity contribution in [3.05, 3.63) is 60.2 Å². The third kappa shape index (κ3) is 3.55. The van der Waals surface area contributed by atoms with Gasteiger partial charge in [-0.05, 0) is 73.1 Å². The molecule has 0 saturated carbocycles. The van der Waals surface area contributed by atoms with Crippen LogP contribution in [0.25, 0.3) is 32.9 Å². The summed E-state index contributed by atoms with van der Waals surface area (Å²) in [5.41, 5.74) is 3.46. The topological polar surface area (TPSA) is 64.9 Å². The van der Waals surface area contributed by atoms with Crippen LogP contribution in [0.2, 0.25) is 0 Å². The Hall–Kier alpha value is -3.36. The molecule has 5 nitrogen and oxygen atoms in total. The lowest BCUT2D eigenvalue weighted by Crippen LogP contribution is -2.25. The summed E-state index contributed by atoms with van der Waals surface area (Å²) in [4.78, 5) is 2.46. The van der Waals surface area contributed by atoms with Gasteiger partial charge in [-0.2, -0.15) is 10.4 Å². The molecule has 144 valence electrons. The van der Waals surface area contributed by atoms with Crippen LogP contribution in [0.15, 0.2) is 54.6 Å². The number of fused-ring (bicyclic) bond motifs is 2. The Bertz CT molecular complexity index is 1210. The van der Waals surface area contributed by atoms with Crippen molar-refractivity contribution in [3.8, 4) is 23.1 Å². The molecule has 1 fully saturated rings. The molecule has 0 amide bonds. The lowest BCUT2D eigenvalue weighted by atomic mass is 10.0. The minimum absolute atomic E-state index is 0.636. The van der Waals surface area contributed by atoms with Gasteiger partial charge in [-0.25, -0.2) is 0 Å². The van der Waals surface area contributed by atoms with E-state index in [4.69, 9.17) is 4.74 Å². The average molecular weight is 382 g/mol. The molecule has 3 aromatic carbocycles. The smallest absolute Gasteiger partial charge is 0.120 e. The number of aromatic nitrogens is 2. The number of nitriles is 1. The van der Waals surface area contributed by atoms with Crippen LogP contribution in [0.5, 0.6) is 5.75 Å².